The molecule has 1 heterocycles. The minimum absolute atomic E-state index is 1.05. The summed E-state index contributed by atoms with van der Waals surface area (Å²) in [6.07, 6.45) is 2.18. The molecule has 0 aliphatic heterocycles. The van der Waals surface area contributed by atoms with Crippen LogP contribution in [-0.2, 0) is 6.42 Å². The number of hydrogen-bond donors (Lipinski definition) is 0. The van der Waals surface area contributed by atoms with E-state index in [0.29, 0.717) is 0 Å². The Morgan fingerprint density at radius 3 is 2.56 bits per heavy atom. The quantitative estimate of drug-likeness (QED) is 0.589. The van der Waals surface area contributed by atoms with E-state index in [9.17, 15) is 0 Å². The van der Waals surface area contributed by atoms with Crippen LogP contribution in [0.1, 0.15) is 24.6 Å². The second kappa shape index (κ2) is 4.41. The van der Waals surface area contributed by atoms with E-state index in [-0.39, 0.29) is 0 Å². The zero-order chi connectivity index (χ0) is 12.5. The molecule has 3 aromatic rings. The summed E-state index contributed by atoms with van der Waals surface area (Å²) >= 11 is 0. The largest absolute Gasteiger partial charge is 0.252 e. The maximum absolute atomic E-state index is 4.83. The molecule has 1 aromatic heterocycles. The number of fused-ring (bicyclic) bond motifs is 3. The first kappa shape index (κ1) is 11.2. The molecule has 0 unspecified atom stereocenters. The minimum Gasteiger partial charge on any atom is -0.252 e. The van der Waals surface area contributed by atoms with Crippen molar-refractivity contribution in [2.75, 3.05) is 0 Å². The van der Waals surface area contributed by atoms with Crippen LogP contribution >= 0.6 is 0 Å². The lowest BCUT2D eigenvalue weighted by atomic mass is 9.98. The Balaban J connectivity index is 2.51. The van der Waals surface area contributed by atoms with E-state index in [1.165, 1.54) is 27.4 Å². The third-order valence-corrected chi connectivity index (χ3v) is 3.50. The maximum Gasteiger partial charge on any atom is 0.0711 e. The molecule has 0 radical (unpaired) electrons. The summed E-state index contributed by atoms with van der Waals surface area (Å²) in [4.78, 5) is 4.83. The van der Waals surface area contributed by atoms with Gasteiger partial charge in [0.1, 0.15) is 0 Å². The molecule has 2 aromatic carbocycles. The lowest BCUT2D eigenvalue weighted by Crippen LogP contribution is -1.94. The molecule has 0 N–H and O–H groups in total. The van der Waals surface area contributed by atoms with E-state index in [4.69, 9.17) is 4.98 Å². The number of benzene rings is 2. The summed E-state index contributed by atoms with van der Waals surface area (Å²) in [7, 11) is 0. The Hall–Kier alpha value is -1.89. The third kappa shape index (κ3) is 1.67. The average molecular weight is 235 g/mol. The van der Waals surface area contributed by atoms with Crippen LogP contribution in [0.3, 0.4) is 0 Å². The summed E-state index contributed by atoms with van der Waals surface area (Å²) < 4.78 is 0. The van der Waals surface area contributed by atoms with Gasteiger partial charge in [0.05, 0.1) is 5.52 Å². The van der Waals surface area contributed by atoms with Gasteiger partial charge in [-0.05, 0) is 30.4 Å². The summed E-state index contributed by atoms with van der Waals surface area (Å²) in [6.45, 7) is 4.39. The van der Waals surface area contributed by atoms with Crippen molar-refractivity contribution < 1.29 is 0 Å². The molecular formula is C17H17N. The zero-order valence-electron chi connectivity index (χ0n) is 10.9. The van der Waals surface area contributed by atoms with Crippen molar-refractivity contribution in [3.63, 3.8) is 0 Å². The van der Waals surface area contributed by atoms with E-state index in [0.717, 1.165) is 18.4 Å². The number of nitrogens with zero attached hydrogens (tertiary/aromatic N) is 1. The van der Waals surface area contributed by atoms with Crippen LogP contribution < -0.4 is 0 Å². The Labute approximate surface area is 107 Å². The van der Waals surface area contributed by atoms with E-state index in [1.54, 1.807) is 0 Å². The van der Waals surface area contributed by atoms with E-state index in [1.807, 2.05) is 0 Å². The van der Waals surface area contributed by atoms with E-state index < -0.39 is 0 Å². The van der Waals surface area contributed by atoms with E-state index >= 15 is 0 Å². The molecule has 1 nitrogen and oxygen atoms in total. The van der Waals surface area contributed by atoms with Gasteiger partial charge in [-0.1, -0.05) is 49.7 Å². The van der Waals surface area contributed by atoms with Crippen LogP contribution in [0.25, 0.3) is 21.7 Å². The molecule has 0 saturated carbocycles. The molecule has 0 bridgehead atoms. The van der Waals surface area contributed by atoms with Gasteiger partial charge in [0.2, 0.25) is 0 Å². The molecule has 0 saturated heterocycles. The fourth-order valence-corrected chi connectivity index (χ4v) is 2.68. The highest BCUT2D eigenvalue weighted by Gasteiger charge is 2.08. The highest BCUT2D eigenvalue weighted by molar-refractivity contribution is 6.08. The standard InChI is InChI=1S/C17H17N/c1-3-7-15-14-10-6-8-12(2)17(14)13-9-4-5-11-16(13)18-15/h4-6,8-11H,3,7H2,1-2H3. The number of para-hydroxylation sites is 1. The topological polar surface area (TPSA) is 12.9 Å². The maximum atomic E-state index is 4.83. The Kier molecular flexibility index (Phi) is 2.75. The minimum atomic E-state index is 1.05. The molecule has 3 rings (SSSR count). The smallest absolute Gasteiger partial charge is 0.0711 e. The molecule has 0 amide bonds. The molecule has 90 valence electrons. The van der Waals surface area contributed by atoms with Crippen LogP contribution in [0.4, 0.5) is 0 Å². The predicted octanol–water partition coefficient (Wildman–Crippen LogP) is 4.65. The van der Waals surface area contributed by atoms with Crippen molar-refractivity contribution in [3.8, 4) is 0 Å². The number of aromatic nitrogens is 1. The Morgan fingerprint density at radius 1 is 0.944 bits per heavy atom. The van der Waals surface area contributed by atoms with Gasteiger partial charge in [-0.3, -0.25) is 4.98 Å². The van der Waals surface area contributed by atoms with Gasteiger partial charge < -0.3 is 0 Å². The molecule has 0 spiro atoms. The highest BCUT2D eigenvalue weighted by Crippen LogP contribution is 2.29. The monoisotopic (exact) mass is 235 g/mol. The third-order valence-electron chi connectivity index (χ3n) is 3.50. The van der Waals surface area contributed by atoms with Gasteiger partial charge in [0, 0.05) is 16.5 Å². The number of hydrogen-bond acceptors (Lipinski definition) is 1. The van der Waals surface area contributed by atoms with Crippen molar-refractivity contribution in [2.45, 2.75) is 26.7 Å². The van der Waals surface area contributed by atoms with Crippen molar-refractivity contribution in [1.29, 1.82) is 0 Å². The van der Waals surface area contributed by atoms with Gasteiger partial charge in [-0.25, -0.2) is 0 Å². The van der Waals surface area contributed by atoms with E-state index in [2.05, 4.69) is 56.3 Å². The van der Waals surface area contributed by atoms with Crippen LogP contribution in [0, 0.1) is 6.92 Å². The Morgan fingerprint density at radius 2 is 1.72 bits per heavy atom. The van der Waals surface area contributed by atoms with Crippen molar-refractivity contribution in [1.82, 2.24) is 4.98 Å². The number of pyridine rings is 1. The molecule has 1 heteroatoms. The molecule has 0 atom stereocenters. The van der Waals surface area contributed by atoms with Crippen molar-refractivity contribution >= 4 is 21.7 Å². The summed E-state index contributed by atoms with van der Waals surface area (Å²) in [5.41, 5.74) is 3.68. The SMILES string of the molecule is CCCc1nc2ccccc2c2c(C)cccc12. The molecule has 18 heavy (non-hydrogen) atoms. The van der Waals surface area contributed by atoms with Gasteiger partial charge >= 0.3 is 0 Å². The summed E-state index contributed by atoms with van der Waals surface area (Å²) in [5, 5.41) is 3.95. The summed E-state index contributed by atoms with van der Waals surface area (Å²) in [6, 6.07) is 15.0. The fraction of sp³-hybridized carbons (Fsp3) is 0.235. The van der Waals surface area contributed by atoms with Crippen LogP contribution in [0.2, 0.25) is 0 Å². The van der Waals surface area contributed by atoms with Gasteiger partial charge in [-0.2, -0.15) is 0 Å². The van der Waals surface area contributed by atoms with Crippen LogP contribution in [0.15, 0.2) is 42.5 Å². The van der Waals surface area contributed by atoms with Gasteiger partial charge in [-0.15, -0.1) is 0 Å². The van der Waals surface area contributed by atoms with Gasteiger partial charge in [0.15, 0.2) is 0 Å². The fourth-order valence-electron chi connectivity index (χ4n) is 2.68. The number of rotatable bonds is 2. The normalized spacial score (nSPS) is 11.2. The van der Waals surface area contributed by atoms with Crippen LogP contribution in [-0.4, -0.2) is 4.98 Å². The second-order valence-electron chi connectivity index (χ2n) is 4.82. The molecule has 0 aliphatic rings. The molecule has 0 fully saturated rings. The molecule has 0 aliphatic carbocycles. The van der Waals surface area contributed by atoms with Crippen molar-refractivity contribution in [3.05, 3.63) is 53.7 Å². The highest BCUT2D eigenvalue weighted by atomic mass is 14.7. The summed E-state index contributed by atoms with van der Waals surface area (Å²) in [5.74, 6) is 0. The second-order valence-corrected chi connectivity index (χ2v) is 4.82. The average Bonchev–Trinajstić information content (AvgIpc) is 2.39. The number of aryl methyl sites for hydroxylation is 2. The zero-order valence-corrected chi connectivity index (χ0v) is 10.9. The first-order valence-corrected chi connectivity index (χ1v) is 6.58. The lowest BCUT2D eigenvalue weighted by Gasteiger charge is -2.11. The first-order chi connectivity index (χ1) is 8.81. The van der Waals surface area contributed by atoms with Crippen molar-refractivity contribution in [2.24, 2.45) is 0 Å². The Bertz CT molecular complexity index is 713. The lowest BCUT2D eigenvalue weighted by molar-refractivity contribution is 0.899. The first-order valence-electron chi connectivity index (χ1n) is 6.58. The molecular weight excluding hydrogens is 218 g/mol. The van der Waals surface area contributed by atoms with Crippen LogP contribution in [0.5, 0.6) is 0 Å². The predicted molar refractivity (Wildman–Crippen MR) is 78.0 cm³/mol. The van der Waals surface area contributed by atoms with Gasteiger partial charge in [0.25, 0.3) is 0 Å².